The van der Waals surface area contributed by atoms with Gasteiger partial charge in [-0.3, -0.25) is 4.79 Å². The van der Waals surface area contributed by atoms with Crippen LogP contribution in [0.3, 0.4) is 0 Å². The fourth-order valence-electron chi connectivity index (χ4n) is 3.20. The number of likely N-dealkylation sites (tertiary alicyclic amines) is 1. The van der Waals surface area contributed by atoms with Gasteiger partial charge in [0, 0.05) is 31.7 Å². The van der Waals surface area contributed by atoms with Gasteiger partial charge in [-0.25, -0.2) is 0 Å². The molecule has 0 bridgehead atoms. The minimum Gasteiger partial charge on any atom is -0.382 e. The van der Waals surface area contributed by atoms with Crippen molar-refractivity contribution in [2.45, 2.75) is 31.7 Å². The summed E-state index contributed by atoms with van der Waals surface area (Å²) in [6.07, 6.45) is 3.55. The maximum absolute atomic E-state index is 12.3. The van der Waals surface area contributed by atoms with Gasteiger partial charge in [-0.2, -0.15) is 4.98 Å². The molecule has 1 fully saturated rings. The maximum Gasteiger partial charge on any atom is 0.257 e. The Labute approximate surface area is 153 Å². The summed E-state index contributed by atoms with van der Waals surface area (Å²) in [5, 5.41) is 4.07. The van der Waals surface area contributed by atoms with E-state index in [4.69, 9.17) is 14.0 Å². The number of amides is 1. The molecule has 1 atom stereocenters. The molecule has 7 heteroatoms. The number of hydrogen-bond acceptors (Lipinski definition) is 6. The predicted octanol–water partition coefficient (Wildman–Crippen LogP) is 2.32. The van der Waals surface area contributed by atoms with Crippen LogP contribution in [-0.4, -0.2) is 60.5 Å². The Bertz CT molecular complexity index is 689. The van der Waals surface area contributed by atoms with Gasteiger partial charge >= 0.3 is 0 Å². The van der Waals surface area contributed by atoms with Gasteiger partial charge in [0.2, 0.25) is 5.91 Å². The highest BCUT2D eigenvalue weighted by atomic mass is 16.5. The van der Waals surface area contributed by atoms with Crippen LogP contribution in [0.25, 0.3) is 11.5 Å². The molecule has 1 aliphatic rings. The first kappa shape index (κ1) is 18.5. The van der Waals surface area contributed by atoms with Crippen LogP contribution in [0.4, 0.5) is 0 Å². The van der Waals surface area contributed by atoms with Crippen molar-refractivity contribution in [1.29, 1.82) is 0 Å². The third-order valence-corrected chi connectivity index (χ3v) is 4.54. The standard InChI is InChI=1S/C19H25N3O4/c1-24-12-13-25-14-18(23)22-11-5-8-16(22)9-10-17-20-19(26-21-17)15-6-3-2-4-7-15/h2-4,6-7,16H,5,8-14H2,1H3. The Hall–Kier alpha value is -2.25. The lowest BCUT2D eigenvalue weighted by Gasteiger charge is -2.24. The Morgan fingerprint density at radius 2 is 2.15 bits per heavy atom. The maximum atomic E-state index is 12.3. The van der Waals surface area contributed by atoms with Crippen molar-refractivity contribution in [3.05, 3.63) is 36.2 Å². The number of carbonyl (C=O) groups is 1. The topological polar surface area (TPSA) is 77.7 Å². The first-order chi connectivity index (χ1) is 12.8. The zero-order valence-electron chi connectivity index (χ0n) is 15.1. The van der Waals surface area contributed by atoms with Crippen molar-refractivity contribution >= 4 is 5.91 Å². The van der Waals surface area contributed by atoms with E-state index in [1.807, 2.05) is 35.2 Å². The zero-order valence-corrected chi connectivity index (χ0v) is 15.1. The van der Waals surface area contributed by atoms with E-state index < -0.39 is 0 Å². The van der Waals surface area contributed by atoms with Gasteiger partial charge in [0.1, 0.15) is 6.61 Å². The van der Waals surface area contributed by atoms with Crippen LogP contribution in [0, 0.1) is 0 Å². The first-order valence-corrected chi connectivity index (χ1v) is 9.02. The lowest BCUT2D eigenvalue weighted by molar-refractivity contribution is -0.137. The highest BCUT2D eigenvalue weighted by Gasteiger charge is 2.28. The second-order valence-corrected chi connectivity index (χ2v) is 6.35. The lowest BCUT2D eigenvalue weighted by Crippen LogP contribution is -2.38. The number of aryl methyl sites for hydroxylation is 1. The van der Waals surface area contributed by atoms with Crippen LogP contribution in [-0.2, 0) is 20.7 Å². The fraction of sp³-hybridized carbons (Fsp3) is 0.526. The summed E-state index contributed by atoms with van der Waals surface area (Å²) in [5.41, 5.74) is 0.914. The van der Waals surface area contributed by atoms with Crippen LogP contribution in [0.2, 0.25) is 0 Å². The molecule has 0 saturated carbocycles. The van der Waals surface area contributed by atoms with E-state index >= 15 is 0 Å². The van der Waals surface area contributed by atoms with Crippen molar-refractivity contribution in [3.63, 3.8) is 0 Å². The average molecular weight is 359 g/mol. The van der Waals surface area contributed by atoms with Crippen LogP contribution in [0.1, 0.15) is 25.1 Å². The Kier molecular flexibility index (Phi) is 6.74. The van der Waals surface area contributed by atoms with Crippen LogP contribution in [0.5, 0.6) is 0 Å². The van der Waals surface area contributed by atoms with Crippen LogP contribution in [0.15, 0.2) is 34.9 Å². The molecule has 26 heavy (non-hydrogen) atoms. The van der Waals surface area contributed by atoms with Crippen molar-refractivity contribution in [1.82, 2.24) is 15.0 Å². The number of ether oxygens (including phenoxy) is 2. The van der Waals surface area contributed by atoms with Gasteiger partial charge < -0.3 is 18.9 Å². The average Bonchev–Trinajstić information content (AvgIpc) is 3.33. The Balaban J connectivity index is 1.49. The minimum absolute atomic E-state index is 0.0432. The van der Waals surface area contributed by atoms with E-state index in [-0.39, 0.29) is 18.6 Å². The minimum atomic E-state index is 0.0432. The summed E-state index contributed by atoms with van der Waals surface area (Å²) in [7, 11) is 1.61. The largest absolute Gasteiger partial charge is 0.382 e. The van der Waals surface area contributed by atoms with Gasteiger partial charge in [-0.05, 0) is 31.4 Å². The molecule has 1 amide bonds. The molecular weight excluding hydrogens is 334 g/mol. The first-order valence-electron chi connectivity index (χ1n) is 9.02. The van der Waals surface area contributed by atoms with Gasteiger partial charge in [0.25, 0.3) is 5.89 Å². The highest BCUT2D eigenvalue weighted by molar-refractivity contribution is 5.78. The van der Waals surface area contributed by atoms with E-state index in [9.17, 15) is 4.79 Å². The molecule has 1 unspecified atom stereocenters. The van der Waals surface area contributed by atoms with Crippen LogP contribution >= 0.6 is 0 Å². The van der Waals surface area contributed by atoms with Crippen LogP contribution < -0.4 is 0 Å². The lowest BCUT2D eigenvalue weighted by atomic mass is 10.1. The highest BCUT2D eigenvalue weighted by Crippen LogP contribution is 2.22. The van der Waals surface area contributed by atoms with E-state index in [1.165, 1.54) is 0 Å². The molecule has 2 heterocycles. The quantitative estimate of drug-likeness (QED) is 0.640. The second-order valence-electron chi connectivity index (χ2n) is 6.35. The molecule has 0 aliphatic carbocycles. The Morgan fingerprint density at radius 3 is 2.96 bits per heavy atom. The number of nitrogens with zero attached hydrogens (tertiary/aromatic N) is 3. The Morgan fingerprint density at radius 1 is 1.31 bits per heavy atom. The second kappa shape index (κ2) is 9.45. The third-order valence-electron chi connectivity index (χ3n) is 4.54. The summed E-state index contributed by atoms with van der Waals surface area (Å²) in [6, 6.07) is 9.93. The molecule has 1 aromatic carbocycles. The molecule has 1 aliphatic heterocycles. The monoisotopic (exact) mass is 359 g/mol. The molecule has 2 aromatic rings. The summed E-state index contributed by atoms with van der Waals surface area (Å²) >= 11 is 0. The van der Waals surface area contributed by atoms with Gasteiger partial charge in [-0.1, -0.05) is 23.4 Å². The fourth-order valence-corrected chi connectivity index (χ4v) is 3.20. The number of aromatic nitrogens is 2. The normalized spacial score (nSPS) is 17.0. The predicted molar refractivity (Wildman–Crippen MR) is 95.5 cm³/mol. The number of methoxy groups -OCH3 is 1. The molecule has 7 nitrogen and oxygen atoms in total. The van der Waals surface area contributed by atoms with Crippen molar-refractivity contribution in [2.24, 2.45) is 0 Å². The summed E-state index contributed by atoms with van der Waals surface area (Å²) in [4.78, 5) is 18.7. The van der Waals surface area contributed by atoms with Gasteiger partial charge in [0.05, 0.1) is 13.2 Å². The number of hydrogen-bond donors (Lipinski definition) is 0. The molecule has 1 saturated heterocycles. The van der Waals surface area contributed by atoms with Crippen molar-refractivity contribution < 1.29 is 18.8 Å². The molecule has 1 aromatic heterocycles. The van der Waals surface area contributed by atoms with E-state index in [0.29, 0.717) is 31.3 Å². The molecule has 0 spiro atoms. The van der Waals surface area contributed by atoms with E-state index in [1.54, 1.807) is 7.11 Å². The number of rotatable bonds is 9. The van der Waals surface area contributed by atoms with Crippen molar-refractivity contribution in [3.8, 4) is 11.5 Å². The number of benzene rings is 1. The molecular formula is C19H25N3O4. The summed E-state index contributed by atoms with van der Waals surface area (Å²) in [5.74, 6) is 1.26. The van der Waals surface area contributed by atoms with Gasteiger partial charge in [0.15, 0.2) is 5.82 Å². The van der Waals surface area contributed by atoms with E-state index in [0.717, 1.165) is 31.4 Å². The van der Waals surface area contributed by atoms with E-state index in [2.05, 4.69) is 10.1 Å². The smallest absolute Gasteiger partial charge is 0.257 e. The summed E-state index contributed by atoms with van der Waals surface area (Å²) < 4.78 is 15.6. The van der Waals surface area contributed by atoms with Gasteiger partial charge in [-0.15, -0.1) is 0 Å². The molecule has 140 valence electrons. The molecule has 0 N–H and O–H groups in total. The summed E-state index contributed by atoms with van der Waals surface area (Å²) in [6.45, 7) is 1.84. The third kappa shape index (κ3) is 4.89. The zero-order chi connectivity index (χ0) is 18.2. The molecule has 3 rings (SSSR count). The molecule has 0 radical (unpaired) electrons. The number of carbonyl (C=O) groups excluding carboxylic acids is 1. The van der Waals surface area contributed by atoms with Crippen molar-refractivity contribution in [2.75, 3.05) is 33.5 Å². The SMILES string of the molecule is COCCOCC(=O)N1CCCC1CCc1noc(-c2ccccc2)n1.